The van der Waals surface area contributed by atoms with Gasteiger partial charge in [-0.3, -0.25) is 0 Å². The van der Waals surface area contributed by atoms with E-state index in [0.29, 0.717) is 37.5 Å². The SMILES string of the molecule is CCCCc1nc(C(F)(F)CCCC)nn1Cc1ccc(-n2ccc(-c3ccccc3)c2-c2nn[nH]n2)cc1. The second-order valence-electron chi connectivity index (χ2n) is 9.64. The average Bonchev–Trinajstić information content (AvgIpc) is 3.72. The molecule has 0 aliphatic carbocycles. The molecule has 0 spiro atoms. The number of aryl methyl sites for hydroxylation is 1. The number of nitrogens with zero attached hydrogens (tertiary/aromatic N) is 7. The van der Waals surface area contributed by atoms with Crippen molar-refractivity contribution in [3.05, 3.63) is 84.1 Å². The third-order valence-electron chi connectivity index (χ3n) is 6.75. The Labute approximate surface area is 226 Å². The van der Waals surface area contributed by atoms with Crippen LogP contribution >= 0.6 is 0 Å². The molecule has 0 aliphatic rings. The van der Waals surface area contributed by atoms with Crippen molar-refractivity contribution in [2.75, 3.05) is 0 Å². The molecule has 8 nitrogen and oxygen atoms in total. The van der Waals surface area contributed by atoms with Crippen molar-refractivity contribution in [2.45, 2.75) is 64.8 Å². The predicted molar refractivity (Wildman–Crippen MR) is 146 cm³/mol. The van der Waals surface area contributed by atoms with E-state index >= 15 is 0 Å². The minimum absolute atomic E-state index is 0.236. The molecular weight excluding hydrogens is 498 g/mol. The van der Waals surface area contributed by atoms with Gasteiger partial charge in [0.15, 0.2) is 0 Å². The molecule has 202 valence electrons. The Kier molecular flexibility index (Phi) is 7.90. The fourth-order valence-corrected chi connectivity index (χ4v) is 4.61. The number of nitrogens with one attached hydrogen (secondary N) is 1. The summed E-state index contributed by atoms with van der Waals surface area (Å²) in [5, 5.41) is 19.0. The normalized spacial score (nSPS) is 11.8. The van der Waals surface area contributed by atoms with E-state index in [2.05, 4.69) is 37.6 Å². The molecule has 0 saturated carbocycles. The number of unbranched alkanes of at least 4 members (excludes halogenated alkanes) is 2. The lowest BCUT2D eigenvalue weighted by molar-refractivity contribution is -0.0245. The van der Waals surface area contributed by atoms with Gasteiger partial charge in [0.2, 0.25) is 11.6 Å². The second-order valence-corrected chi connectivity index (χ2v) is 9.64. The van der Waals surface area contributed by atoms with Gasteiger partial charge in [-0.2, -0.15) is 14.0 Å². The maximum atomic E-state index is 14.8. The van der Waals surface area contributed by atoms with Crippen LogP contribution in [-0.2, 0) is 18.9 Å². The van der Waals surface area contributed by atoms with Gasteiger partial charge in [0.05, 0.1) is 6.54 Å². The van der Waals surface area contributed by atoms with Crippen LogP contribution < -0.4 is 0 Å². The number of halogens is 2. The molecule has 5 aromatic rings. The fraction of sp³-hybridized carbons (Fsp3) is 0.345. The summed E-state index contributed by atoms with van der Waals surface area (Å²) in [4.78, 5) is 4.28. The molecular formula is C29H32F2N8. The molecule has 0 aliphatic heterocycles. The van der Waals surface area contributed by atoms with Gasteiger partial charge in [-0.15, -0.1) is 15.3 Å². The summed E-state index contributed by atoms with van der Waals surface area (Å²) in [7, 11) is 0. The van der Waals surface area contributed by atoms with E-state index < -0.39 is 5.92 Å². The van der Waals surface area contributed by atoms with Crippen molar-refractivity contribution in [3.8, 4) is 28.3 Å². The highest BCUT2D eigenvalue weighted by molar-refractivity contribution is 5.80. The first-order chi connectivity index (χ1) is 19.0. The van der Waals surface area contributed by atoms with Crippen LogP contribution in [0.2, 0.25) is 0 Å². The predicted octanol–water partition coefficient (Wildman–Crippen LogP) is 6.59. The third-order valence-corrected chi connectivity index (χ3v) is 6.75. The third kappa shape index (κ3) is 5.79. The number of aromatic nitrogens is 8. The molecule has 3 heterocycles. The van der Waals surface area contributed by atoms with Crippen LogP contribution in [-0.4, -0.2) is 40.0 Å². The van der Waals surface area contributed by atoms with Gasteiger partial charge >= 0.3 is 5.92 Å². The molecule has 0 saturated heterocycles. The van der Waals surface area contributed by atoms with Crippen molar-refractivity contribution in [2.24, 2.45) is 0 Å². The van der Waals surface area contributed by atoms with Crippen LogP contribution in [0, 0.1) is 0 Å². The number of rotatable bonds is 12. The second kappa shape index (κ2) is 11.7. The van der Waals surface area contributed by atoms with Gasteiger partial charge in [0.1, 0.15) is 11.5 Å². The van der Waals surface area contributed by atoms with Crippen molar-refractivity contribution in [1.29, 1.82) is 0 Å². The van der Waals surface area contributed by atoms with Gasteiger partial charge in [-0.25, -0.2) is 9.67 Å². The van der Waals surface area contributed by atoms with Gasteiger partial charge in [-0.1, -0.05) is 69.2 Å². The van der Waals surface area contributed by atoms with Crippen LogP contribution in [0.4, 0.5) is 8.78 Å². The molecule has 0 unspecified atom stereocenters. The largest absolute Gasteiger partial charge is 0.313 e. The molecule has 0 bridgehead atoms. The maximum absolute atomic E-state index is 14.8. The summed E-state index contributed by atoms with van der Waals surface area (Å²) in [5.74, 6) is -2.31. The van der Waals surface area contributed by atoms with Crippen LogP contribution in [0.3, 0.4) is 0 Å². The standard InChI is InChI=1S/C29H32F2N8/c1-3-5-12-25-32-28(29(30,31)18-6-4-2)35-39(25)20-21-13-15-23(16-14-21)38-19-17-24(22-10-8-7-9-11-22)26(38)27-33-36-37-34-27/h7-11,13-17,19H,3-6,12,18,20H2,1-2H3,(H,33,34,36,37). The maximum Gasteiger partial charge on any atom is 0.308 e. The van der Waals surface area contributed by atoms with Crippen LogP contribution in [0.1, 0.15) is 63.2 Å². The van der Waals surface area contributed by atoms with E-state index in [4.69, 9.17) is 0 Å². The molecule has 1 N–H and O–H groups in total. The Morgan fingerprint density at radius 3 is 2.38 bits per heavy atom. The first kappa shape index (κ1) is 26.4. The molecule has 5 rings (SSSR count). The Hall–Kier alpha value is -4.21. The van der Waals surface area contributed by atoms with Gasteiger partial charge in [0.25, 0.3) is 0 Å². The smallest absolute Gasteiger partial charge is 0.308 e. The van der Waals surface area contributed by atoms with Crippen molar-refractivity contribution in [3.63, 3.8) is 0 Å². The monoisotopic (exact) mass is 530 g/mol. The molecule has 2 aromatic carbocycles. The molecule has 3 aromatic heterocycles. The number of H-pyrrole nitrogens is 1. The summed E-state index contributed by atoms with van der Waals surface area (Å²) >= 11 is 0. The highest BCUT2D eigenvalue weighted by Gasteiger charge is 2.36. The Balaban J connectivity index is 1.44. The van der Waals surface area contributed by atoms with Gasteiger partial charge in [-0.05, 0) is 47.4 Å². The van der Waals surface area contributed by atoms with Crippen LogP contribution in [0.25, 0.3) is 28.3 Å². The van der Waals surface area contributed by atoms with Crippen molar-refractivity contribution < 1.29 is 8.78 Å². The first-order valence-corrected chi connectivity index (χ1v) is 13.4. The van der Waals surface area contributed by atoms with Crippen molar-refractivity contribution >= 4 is 0 Å². The topological polar surface area (TPSA) is 90.1 Å². The Bertz CT molecular complexity index is 1470. The van der Waals surface area contributed by atoms with Crippen molar-refractivity contribution in [1.82, 2.24) is 40.0 Å². The van der Waals surface area contributed by atoms with Gasteiger partial charge in [0, 0.05) is 30.3 Å². The summed E-state index contributed by atoms with van der Waals surface area (Å²) < 4.78 is 33.2. The fourth-order valence-electron chi connectivity index (χ4n) is 4.61. The highest BCUT2D eigenvalue weighted by atomic mass is 19.3. The highest BCUT2D eigenvalue weighted by Crippen LogP contribution is 2.34. The number of aromatic amines is 1. The first-order valence-electron chi connectivity index (χ1n) is 13.4. The van der Waals surface area contributed by atoms with E-state index in [1.54, 1.807) is 4.68 Å². The molecule has 10 heteroatoms. The molecule has 0 atom stereocenters. The lowest BCUT2D eigenvalue weighted by Crippen LogP contribution is -2.16. The zero-order valence-electron chi connectivity index (χ0n) is 22.2. The molecule has 0 radical (unpaired) electrons. The molecule has 0 amide bonds. The Morgan fingerprint density at radius 1 is 0.923 bits per heavy atom. The van der Waals surface area contributed by atoms with Gasteiger partial charge < -0.3 is 4.57 Å². The summed E-state index contributed by atoms with van der Waals surface area (Å²) in [6.45, 7) is 4.35. The van der Waals surface area contributed by atoms with E-state index in [0.717, 1.165) is 40.9 Å². The molecule has 39 heavy (non-hydrogen) atoms. The zero-order valence-corrected chi connectivity index (χ0v) is 22.2. The minimum Gasteiger partial charge on any atom is -0.313 e. The van der Waals surface area contributed by atoms with Crippen LogP contribution in [0.15, 0.2) is 66.9 Å². The summed E-state index contributed by atoms with van der Waals surface area (Å²) in [6.07, 6.45) is 5.32. The van der Waals surface area contributed by atoms with E-state index in [1.807, 2.05) is 78.4 Å². The van der Waals surface area contributed by atoms with Crippen LogP contribution in [0.5, 0.6) is 0 Å². The van der Waals surface area contributed by atoms with E-state index in [9.17, 15) is 8.78 Å². The number of alkyl halides is 2. The molecule has 0 fully saturated rings. The number of hydrogen-bond donors (Lipinski definition) is 1. The average molecular weight is 531 g/mol. The lowest BCUT2D eigenvalue weighted by atomic mass is 10.1. The number of benzene rings is 2. The number of tetrazole rings is 1. The summed E-state index contributed by atoms with van der Waals surface area (Å²) in [5.41, 5.74) is 4.71. The summed E-state index contributed by atoms with van der Waals surface area (Å²) in [6, 6.07) is 20.0. The lowest BCUT2D eigenvalue weighted by Gasteiger charge is -2.12. The minimum atomic E-state index is -3.03. The number of hydrogen-bond acceptors (Lipinski definition) is 5. The quantitative estimate of drug-likeness (QED) is 0.197. The Morgan fingerprint density at radius 2 is 1.69 bits per heavy atom. The van der Waals surface area contributed by atoms with E-state index in [1.165, 1.54) is 0 Å². The van der Waals surface area contributed by atoms with E-state index in [-0.39, 0.29) is 12.2 Å². The zero-order chi connectivity index (χ0) is 27.2.